The van der Waals surface area contributed by atoms with Crippen molar-refractivity contribution in [3.05, 3.63) is 145 Å². The molecule has 0 saturated heterocycles. The van der Waals surface area contributed by atoms with Crippen molar-refractivity contribution in [2.24, 2.45) is 0 Å². The molecule has 4 aromatic heterocycles. The number of furan rings is 1. The molecule has 284 valence electrons. The third kappa shape index (κ3) is 8.58. The van der Waals surface area contributed by atoms with Crippen molar-refractivity contribution in [2.75, 3.05) is 17.7 Å². The zero-order valence-electron chi connectivity index (χ0n) is 31.1. The Balaban J connectivity index is 0.000000172. The predicted molar refractivity (Wildman–Crippen MR) is 216 cm³/mol. The third-order valence-corrected chi connectivity index (χ3v) is 9.90. The van der Waals surface area contributed by atoms with Gasteiger partial charge in [-0.15, -0.1) is 11.3 Å². The number of aryl methyl sites for hydroxylation is 4. The summed E-state index contributed by atoms with van der Waals surface area (Å²) >= 11 is 1.60. The normalized spacial score (nSPS) is 11.0. The number of fused-ring (bicyclic) bond motifs is 4. The summed E-state index contributed by atoms with van der Waals surface area (Å²) in [4.78, 5) is 48.3. The molecule has 0 aliphatic carbocycles. The standard InChI is InChI=1S/C22H19NO6.C21H17NO4S/c1-12-6-14-9-16(28-21(14)19(7-12)26-3)11-27-22(25)23-15-4-5-17-13(2)8-20(24)29-18(17)10-15;1-12-3-6-19-14(7-12)9-16(27-19)11-25-21(24)22-15-4-5-17-13(2)8-20(23)26-18(17)10-15/h4-10H,11H2,1-3H3,(H,23,25);3-10H,11H2,1-2H3,(H,22,24). The second-order valence-corrected chi connectivity index (χ2v) is 14.3. The summed E-state index contributed by atoms with van der Waals surface area (Å²) in [6, 6.07) is 27.0. The van der Waals surface area contributed by atoms with Gasteiger partial charge in [0.1, 0.15) is 23.5 Å². The second-order valence-electron chi connectivity index (χ2n) is 13.2. The molecule has 4 aromatic carbocycles. The minimum atomic E-state index is -0.650. The highest BCUT2D eigenvalue weighted by Gasteiger charge is 2.13. The van der Waals surface area contributed by atoms with Crippen molar-refractivity contribution < 1.29 is 37.1 Å². The zero-order valence-corrected chi connectivity index (χ0v) is 31.9. The number of carbonyl (C=O) groups excluding carboxylic acids is 2. The number of carbonyl (C=O) groups is 2. The van der Waals surface area contributed by atoms with Crippen molar-refractivity contribution in [3.8, 4) is 5.75 Å². The smallest absolute Gasteiger partial charge is 0.412 e. The second kappa shape index (κ2) is 15.9. The van der Waals surface area contributed by atoms with Crippen LogP contribution in [-0.4, -0.2) is 19.3 Å². The fraction of sp³-hybridized carbons (Fsp3) is 0.163. The summed E-state index contributed by atoms with van der Waals surface area (Å²) in [5, 5.41) is 8.94. The van der Waals surface area contributed by atoms with Gasteiger partial charge >= 0.3 is 23.4 Å². The Morgan fingerprint density at radius 3 is 1.82 bits per heavy atom. The topological polar surface area (TPSA) is 159 Å². The Morgan fingerprint density at radius 2 is 1.21 bits per heavy atom. The minimum absolute atomic E-state index is 0.0372. The van der Waals surface area contributed by atoms with Crippen molar-refractivity contribution in [1.29, 1.82) is 0 Å². The average Bonchev–Trinajstić information content (AvgIpc) is 3.76. The van der Waals surface area contributed by atoms with Crippen LogP contribution in [0.4, 0.5) is 21.0 Å². The van der Waals surface area contributed by atoms with Gasteiger partial charge in [-0.05, 0) is 104 Å². The summed E-state index contributed by atoms with van der Waals surface area (Å²) in [6.45, 7) is 7.84. The van der Waals surface area contributed by atoms with Gasteiger partial charge in [-0.1, -0.05) is 17.7 Å². The van der Waals surface area contributed by atoms with E-state index in [-0.39, 0.29) is 13.2 Å². The van der Waals surface area contributed by atoms with Crippen LogP contribution >= 0.6 is 11.3 Å². The molecule has 0 aliphatic rings. The number of nitrogens with one attached hydrogen (secondary N) is 2. The maximum absolute atomic E-state index is 12.2. The Bertz CT molecular complexity index is 2900. The highest BCUT2D eigenvalue weighted by Crippen LogP contribution is 2.31. The van der Waals surface area contributed by atoms with Gasteiger partial charge in [0.25, 0.3) is 0 Å². The van der Waals surface area contributed by atoms with Crippen molar-refractivity contribution >= 4 is 77.9 Å². The lowest BCUT2D eigenvalue weighted by Crippen LogP contribution is -2.13. The molecule has 4 heterocycles. The number of methoxy groups -OCH3 is 1. The van der Waals surface area contributed by atoms with Gasteiger partial charge < -0.3 is 27.5 Å². The van der Waals surface area contributed by atoms with Gasteiger partial charge in [-0.2, -0.15) is 0 Å². The fourth-order valence-electron chi connectivity index (χ4n) is 6.22. The molecule has 0 aliphatic heterocycles. The number of amides is 2. The largest absolute Gasteiger partial charge is 0.493 e. The number of ether oxygens (including phenoxy) is 3. The Kier molecular flexibility index (Phi) is 10.6. The highest BCUT2D eigenvalue weighted by molar-refractivity contribution is 7.19. The molecule has 12 nitrogen and oxygen atoms in total. The number of anilines is 2. The third-order valence-electron chi connectivity index (χ3n) is 8.81. The minimum Gasteiger partial charge on any atom is -0.493 e. The number of thiophene rings is 1. The van der Waals surface area contributed by atoms with Crippen LogP contribution in [0.25, 0.3) is 43.0 Å². The van der Waals surface area contributed by atoms with Crippen LogP contribution in [0.15, 0.2) is 114 Å². The molecule has 0 spiro atoms. The number of benzene rings is 4. The number of hydrogen-bond acceptors (Lipinski definition) is 11. The molecule has 8 aromatic rings. The quantitative estimate of drug-likeness (QED) is 0.149. The molecule has 0 unspecified atom stereocenters. The Labute approximate surface area is 323 Å². The lowest BCUT2D eigenvalue weighted by atomic mass is 10.1. The van der Waals surface area contributed by atoms with Crippen LogP contribution in [0.3, 0.4) is 0 Å². The van der Waals surface area contributed by atoms with Gasteiger partial charge in [0.05, 0.1) is 7.11 Å². The van der Waals surface area contributed by atoms with Gasteiger partial charge in [0.2, 0.25) is 0 Å². The molecule has 56 heavy (non-hydrogen) atoms. The first-order chi connectivity index (χ1) is 26.9. The molecule has 0 atom stereocenters. The lowest BCUT2D eigenvalue weighted by molar-refractivity contribution is 0.146. The highest BCUT2D eigenvalue weighted by atomic mass is 32.1. The molecular formula is C43H36N2O10S. The fourth-order valence-corrected chi connectivity index (χ4v) is 7.17. The van der Waals surface area contributed by atoms with Crippen LogP contribution in [0.5, 0.6) is 5.75 Å². The molecule has 0 radical (unpaired) electrons. The van der Waals surface area contributed by atoms with Crippen LogP contribution in [0.1, 0.15) is 32.9 Å². The SMILES string of the molecule is COc1cc(C)cc2cc(COC(=O)Nc3ccc4c(C)cc(=O)oc4c3)oc12.Cc1ccc2sc(COC(=O)Nc3ccc4c(C)cc(=O)oc4c3)cc2c1. The first kappa shape index (κ1) is 37.5. The van der Waals surface area contributed by atoms with Gasteiger partial charge in [-0.3, -0.25) is 10.6 Å². The summed E-state index contributed by atoms with van der Waals surface area (Å²) in [6.07, 6.45) is -1.21. The van der Waals surface area contributed by atoms with Crippen LogP contribution in [0.2, 0.25) is 0 Å². The van der Waals surface area contributed by atoms with Gasteiger partial charge in [0, 0.05) is 61.4 Å². The molecule has 2 N–H and O–H groups in total. The van der Waals surface area contributed by atoms with E-state index < -0.39 is 23.4 Å². The maximum atomic E-state index is 12.2. The van der Waals surface area contributed by atoms with E-state index in [2.05, 4.69) is 28.8 Å². The molecular weight excluding hydrogens is 737 g/mol. The molecule has 13 heteroatoms. The van der Waals surface area contributed by atoms with Crippen LogP contribution in [-0.2, 0) is 22.7 Å². The first-order valence-electron chi connectivity index (χ1n) is 17.4. The van der Waals surface area contributed by atoms with E-state index in [9.17, 15) is 19.2 Å². The maximum Gasteiger partial charge on any atom is 0.412 e. The predicted octanol–water partition coefficient (Wildman–Crippen LogP) is 10.3. The van der Waals surface area contributed by atoms with Crippen LogP contribution in [0, 0.1) is 27.7 Å². The summed E-state index contributed by atoms with van der Waals surface area (Å²) in [5.74, 6) is 1.13. The van der Waals surface area contributed by atoms with Crippen molar-refractivity contribution in [3.63, 3.8) is 0 Å². The summed E-state index contributed by atoms with van der Waals surface area (Å²) in [5.41, 5.74) is 5.41. The molecule has 0 fully saturated rings. The van der Waals surface area contributed by atoms with Gasteiger partial charge in [-0.25, -0.2) is 19.2 Å². The Hall–Kier alpha value is -6.86. The van der Waals surface area contributed by atoms with E-state index in [0.29, 0.717) is 39.6 Å². The van der Waals surface area contributed by atoms with Gasteiger partial charge in [0.15, 0.2) is 17.9 Å². The van der Waals surface area contributed by atoms with Crippen LogP contribution < -0.4 is 26.6 Å². The van der Waals surface area contributed by atoms with E-state index in [1.54, 1.807) is 54.8 Å². The monoisotopic (exact) mass is 772 g/mol. The summed E-state index contributed by atoms with van der Waals surface area (Å²) < 4.78 is 33.2. The summed E-state index contributed by atoms with van der Waals surface area (Å²) in [7, 11) is 1.58. The first-order valence-corrected chi connectivity index (χ1v) is 18.2. The van der Waals surface area contributed by atoms with E-state index in [0.717, 1.165) is 43.1 Å². The van der Waals surface area contributed by atoms with Crippen molar-refractivity contribution in [1.82, 2.24) is 0 Å². The van der Waals surface area contributed by atoms with E-state index in [1.807, 2.05) is 52.0 Å². The van der Waals surface area contributed by atoms with E-state index >= 15 is 0 Å². The lowest BCUT2D eigenvalue weighted by Gasteiger charge is -2.07. The Morgan fingerprint density at radius 1 is 0.625 bits per heavy atom. The molecule has 8 rings (SSSR count). The zero-order chi connectivity index (χ0) is 39.5. The average molecular weight is 773 g/mol. The van der Waals surface area contributed by atoms with Crippen molar-refractivity contribution in [2.45, 2.75) is 40.9 Å². The molecule has 2 amide bonds. The van der Waals surface area contributed by atoms with E-state index in [1.165, 1.54) is 22.4 Å². The molecule has 0 bridgehead atoms. The molecule has 0 saturated carbocycles. The number of hydrogen-bond donors (Lipinski definition) is 2. The number of rotatable bonds is 7. The van der Waals surface area contributed by atoms with E-state index in [4.69, 9.17) is 27.5 Å².